The molecule has 1 aliphatic rings. The standard InChI is InChI=1S/C14H20N4O2S/c1-21-8-7-13(19)17-18-14(20)12-9-11(15-16-12)10-5-3-2-4-6-10/h2-6,11-12,15-16H,7-9H2,1H3,(H,17,19)(H,18,20). The molecule has 1 aliphatic heterocycles. The van der Waals surface area contributed by atoms with Crippen molar-refractivity contribution >= 4 is 23.6 Å². The molecular formula is C14H20N4O2S. The van der Waals surface area contributed by atoms with Gasteiger partial charge in [-0.15, -0.1) is 0 Å². The summed E-state index contributed by atoms with van der Waals surface area (Å²) in [6, 6.07) is 9.66. The van der Waals surface area contributed by atoms with E-state index in [1.54, 1.807) is 11.8 Å². The molecule has 6 nitrogen and oxygen atoms in total. The number of hydrogen-bond donors (Lipinski definition) is 4. The first-order valence-corrected chi connectivity index (χ1v) is 8.23. The van der Waals surface area contributed by atoms with E-state index in [2.05, 4.69) is 21.7 Å². The molecule has 2 atom stereocenters. The number of hydrazine groups is 2. The molecule has 1 aromatic carbocycles. The van der Waals surface area contributed by atoms with E-state index in [-0.39, 0.29) is 23.9 Å². The van der Waals surface area contributed by atoms with Crippen LogP contribution in [0.15, 0.2) is 30.3 Å². The van der Waals surface area contributed by atoms with Crippen molar-refractivity contribution in [1.29, 1.82) is 0 Å². The number of amides is 2. The quantitative estimate of drug-likeness (QED) is 0.595. The normalized spacial score (nSPS) is 21.0. The molecule has 0 aliphatic carbocycles. The van der Waals surface area contributed by atoms with E-state index in [0.717, 1.165) is 11.3 Å². The molecule has 0 saturated carbocycles. The van der Waals surface area contributed by atoms with Gasteiger partial charge in [-0.3, -0.25) is 20.4 Å². The molecule has 2 amide bonds. The Morgan fingerprint density at radius 2 is 2.00 bits per heavy atom. The molecule has 2 rings (SSSR count). The van der Waals surface area contributed by atoms with Gasteiger partial charge in [-0.05, 0) is 18.2 Å². The van der Waals surface area contributed by atoms with Crippen LogP contribution in [0.25, 0.3) is 0 Å². The Hall–Kier alpha value is -1.57. The molecule has 4 N–H and O–H groups in total. The summed E-state index contributed by atoms with van der Waals surface area (Å²) in [6.07, 6.45) is 2.96. The predicted octanol–water partition coefficient (Wildman–Crippen LogP) is 0.495. The lowest BCUT2D eigenvalue weighted by Crippen LogP contribution is -2.50. The smallest absolute Gasteiger partial charge is 0.256 e. The highest BCUT2D eigenvalue weighted by Gasteiger charge is 2.30. The molecule has 1 heterocycles. The summed E-state index contributed by atoms with van der Waals surface area (Å²) in [6.45, 7) is 0. The largest absolute Gasteiger partial charge is 0.273 e. The molecule has 1 aromatic rings. The number of hydrogen-bond acceptors (Lipinski definition) is 5. The van der Waals surface area contributed by atoms with E-state index in [4.69, 9.17) is 0 Å². The first-order chi connectivity index (χ1) is 10.2. The van der Waals surface area contributed by atoms with Crippen molar-refractivity contribution in [2.45, 2.75) is 24.9 Å². The van der Waals surface area contributed by atoms with Gasteiger partial charge in [0.1, 0.15) is 6.04 Å². The van der Waals surface area contributed by atoms with Crippen molar-refractivity contribution in [1.82, 2.24) is 21.7 Å². The zero-order chi connectivity index (χ0) is 15.1. The van der Waals surface area contributed by atoms with E-state index < -0.39 is 0 Å². The second-order valence-electron chi connectivity index (χ2n) is 4.82. The zero-order valence-electron chi connectivity index (χ0n) is 11.9. The fourth-order valence-corrected chi connectivity index (χ4v) is 2.50. The van der Waals surface area contributed by atoms with Crippen LogP contribution in [-0.2, 0) is 9.59 Å². The molecule has 2 unspecified atom stereocenters. The Morgan fingerprint density at radius 1 is 1.24 bits per heavy atom. The molecule has 0 aromatic heterocycles. The van der Waals surface area contributed by atoms with Crippen molar-refractivity contribution in [3.05, 3.63) is 35.9 Å². The van der Waals surface area contributed by atoms with E-state index >= 15 is 0 Å². The third-order valence-corrected chi connectivity index (χ3v) is 3.89. The Kier molecular flexibility index (Phi) is 6.04. The monoisotopic (exact) mass is 308 g/mol. The number of benzene rings is 1. The van der Waals surface area contributed by atoms with Crippen LogP contribution in [0.1, 0.15) is 24.4 Å². The Labute approximate surface area is 128 Å². The van der Waals surface area contributed by atoms with Gasteiger partial charge in [0.2, 0.25) is 5.91 Å². The summed E-state index contributed by atoms with van der Waals surface area (Å²) in [7, 11) is 0. The second-order valence-corrected chi connectivity index (χ2v) is 5.81. The predicted molar refractivity (Wildman–Crippen MR) is 83.1 cm³/mol. The molecule has 0 bridgehead atoms. The van der Waals surface area contributed by atoms with Gasteiger partial charge in [0.15, 0.2) is 0 Å². The van der Waals surface area contributed by atoms with Crippen molar-refractivity contribution in [2.75, 3.05) is 12.0 Å². The summed E-state index contributed by atoms with van der Waals surface area (Å²) in [5.74, 6) is 0.322. The maximum absolute atomic E-state index is 12.0. The Bertz CT molecular complexity index is 483. The van der Waals surface area contributed by atoms with Crippen LogP contribution in [-0.4, -0.2) is 29.9 Å². The summed E-state index contributed by atoms with van der Waals surface area (Å²) in [5, 5.41) is 0. The fourth-order valence-electron chi connectivity index (χ4n) is 2.11. The molecule has 21 heavy (non-hydrogen) atoms. The van der Waals surface area contributed by atoms with Gasteiger partial charge >= 0.3 is 0 Å². The second kappa shape index (κ2) is 8.02. The minimum Gasteiger partial charge on any atom is -0.273 e. The SMILES string of the molecule is CSCCC(=O)NNC(=O)C1CC(c2ccccc2)NN1. The van der Waals surface area contributed by atoms with Gasteiger partial charge in [0.05, 0.1) is 0 Å². The molecule has 7 heteroatoms. The Balaban J connectivity index is 1.76. The molecule has 1 fully saturated rings. The van der Waals surface area contributed by atoms with E-state index in [9.17, 15) is 9.59 Å². The van der Waals surface area contributed by atoms with Crippen LogP contribution in [0.3, 0.4) is 0 Å². The van der Waals surface area contributed by atoms with Gasteiger partial charge in [-0.2, -0.15) is 11.8 Å². The number of carbonyl (C=O) groups excluding carboxylic acids is 2. The minimum atomic E-state index is -0.365. The summed E-state index contributed by atoms with van der Waals surface area (Å²) < 4.78 is 0. The summed E-state index contributed by atoms with van der Waals surface area (Å²) >= 11 is 1.59. The van der Waals surface area contributed by atoms with Gasteiger partial charge in [0, 0.05) is 18.2 Å². The topological polar surface area (TPSA) is 82.3 Å². The van der Waals surface area contributed by atoms with Gasteiger partial charge in [0.25, 0.3) is 5.91 Å². The van der Waals surface area contributed by atoms with Crippen LogP contribution >= 0.6 is 11.8 Å². The number of carbonyl (C=O) groups is 2. The molecule has 114 valence electrons. The number of rotatable bonds is 5. The minimum absolute atomic E-state index is 0.0918. The van der Waals surface area contributed by atoms with Crippen LogP contribution in [0, 0.1) is 0 Å². The number of nitrogens with one attached hydrogen (secondary N) is 4. The lowest BCUT2D eigenvalue weighted by molar-refractivity contribution is -0.129. The van der Waals surface area contributed by atoms with Crippen LogP contribution in [0.2, 0.25) is 0 Å². The fraction of sp³-hybridized carbons (Fsp3) is 0.429. The summed E-state index contributed by atoms with van der Waals surface area (Å²) in [5.41, 5.74) is 12.1. The lowest BCUT2D eigenvalue weighted by Gasteiger charge is -2.11. The summed E-state index contributed by atoms with van der Waals surface area (Å²) in [4.78, 5) is 23.4. The lowest BCUT2D eigenvalue weighted by atomic mass is 10.0. The third-order valence-electron chi connectivity index (χ3n) is 3.28. The first kappa shape index (κ1) is 15.8. The van der Waals surface area contributed by atoms with Gasteiger partial charge < -0.3 is 0 Å². The molecule has 0 radical (unpaired) electrons. The van der Waals surface area contributed by atoms with E-state index in [1.165, 1.54) is 0 Å². The highest BCUT2D eigenvalue weighted by molar-refractivity contribution is 7.98. The maximum Gasteiger partial charge on any atom is 0.256 e. The average molecular weight is 308 g/mol. The van der Waals surface area contributed by atoms with E-state index in [0.29, 0.717) is 12.8 Å². The highest BCUT2D eigenvalue weighted by Crippen LogP contribution is 2.21. The number of thioether (sulfide) groups is 1. The van der Waals surface area contributed by atoms with Crippen molar-refractivity contribution in [3.63, 3.8) is 0 Å². The average Bonchev–Trinajstić information content (AvgIpc) is 3.01. The highest BCUT2D eigenvalue weighted by atomic mass is 32.2. The van der Waals surface area contributed by atoms with Crippen molar-refractivity contribution in [2.24, 2.45) is 0 Å². The van der Waals surface area contributed by atoms with Crippen LogP contribution in [0.4, 0.5) is 0 Å². The van der Waals surface area contributed by atoms with Crippen LogP contribution < -0.4 is 21.7 Å². The van der Waals surface area contributed by atoms with Crippen molar-refractivity contribution in [3.8, 4) is 0 Å². The van der Waals surface area contributed by atoms with Gasteiger partial charge in [-0.1, -0.05) is 30.3 Å². The Morgan fingerprint density at radius 3 is 2.71 bits per heavy atom. The van der Waals surface area contributed by atoms with Gasteiger partial charge in [-0.25, -0.2) is 10.9 Å². The van der Waals surface area contributed by atoms with Crippen molar-refractivity contribution < 1.29 is 9.59 Å². The maximum atomic E-state index is 12.0. The van der Waals surface area contributed by atoms with E-state index in [1.807, 2.05) is 36.6 Å². The molecule has 0 spiro atoms. The molecular weight excluding hydrogens is 288 g/mol. The zero-order valence-corrected chi connectivity index (χ0v) is 12.7. The van der Waals surface area contributed by atoms with Crippen LogP contribution in [0.5, 0.6) is 0 Å². The molecule has 1 saturated heterocycles. The third kappa shape index (κ3) is 4.73. The first-order valence-electron chi connectivity index (χ1n) is 6.84.